The van der Waals surface area contributed by atoms with Gasteiger partial charge in [-0.2, -0.15) is 8.42 Å². The first-order valence-corrected chi connectivity index (χ1v) is 22.1. The highest BCUT2D eigenvalue weighted by Crippen LogP contribution is 2.67. The van der Waals surface area contributed by atoms with E-state index in [9.17, 15) is 20.1 Å². The maximum absolute atomic E-state index is 15.2. The van der Waals surface area contributed by atoms with E-state index in [2.05, 4.69) is 26.9 Å². The molecule has 16 nitrogen and oxygen atoms in total. The number of hydrogen-bond acceptors (Lipinski definition) is 12. The van der Waals surface area contributed by atoms with Gasteiger partial charge in [-0.3, -0.25) is 28.5 Å². The molecule has 9 rings (SSSR count). The fourth-order valence-corrected chi connectivity index (χ4v) is 13.1. The molecule has 6 aliphatic rings. The molecule has 1 aromatic heterocycles. The molecule has 1 spiro atoms. The number of ether oxygens (including phenoxy) is 2. The first-order chi connectivity index (χ1) is 28.3. The van der Waals surface area contributed by atoms with Crippen LogP contribution in [0.15, 0.2) is 48.6 Å². The number of primary amides is 1. The molecule has 1 unspecified atom stereocenters. The summed E-state index contributed by atoms with van der Waals surface area (Å²) in [5, 5.41) is 38.0. The molecule has 1 aliphatic carbocycles. The SMILES string of the molecule is CC[C@]1(O)C[C@@H]2CN(CCc3c([nH]c4ccccc34)[C@@](C(=O)OC)(c3cc4c(cc3OC)N(C)[C@H]3[C@@](O)(C(N)=O)[C@H](O)[C@]5(CC)C=CCN6CC[C@]43[C@@H]65)C2)C1.O=S(=O)(O)O. The third-order valence-electron chi connectivity index (χ3n) is 15.2. The number of aromatic nitrogens is 1. The maximum atomic E-state index is 15.2. The number of hydrogen-bond donors (Lipinski definition) is 7. The van der Waals surface area contributed by atoms with Crippen molar-refractivity contribution in [3.05, 3.63) is 70.9 Å². The monoisotopic (exact) mass is 851 g/mol. The summed E-state index contributed by atoms with van der Waals surface area (Å²) < 4.78 is 43.8. The van der Waals surface area contributed by atoms with E-state index < -0.39 is 61.9 Å². The van der Waals surface area contributed by atoms with E-state index in [1.54, 1.807) is 7.11 Å². The number of carbonyl (C=O) groups is 2. The molecule has 3 aromatic rings. The average Bonchev–Trinajstić information content (AvgIpc) is 3.87. The highest BCUT2D eigenvalue weighted by molar-refractivity contribution is 7.79. The minimum atomic E-state index is -4.67. The van der Waals surface area contributed by atoms with Crippen molar-refractivity contribution in [3.63, 3.8) is 0 Å². The van der Waals surface area contributed by atoms with Crippen molar-refractivity contribution < 1.29 is 51.9 Å². The van der Waals surface area contributed by atoms with Gasteiger partial charge in [-0.15, -0.1) is 0 Å². The van der Waals surface area contributed by atoms with Crippen molar-refractivity contribution in [1.82, 2.24) is 14.8 Å². The number of H-pyrrole nitrogens is 1. The highest BCUT2D eigenvalue weighted by Gasteiger charge is 2.78. The molecule has 1 amide bonds. The van der Waals surface area contributed by atoms with E-state index in [1.165, 1.54) is 7.11 Å². The second kappa shape index (κ2) is 14.5. The van der Waals surface area contributed by atoms with E-state index in [-0.39, 0.29) is 12.0 Å². The van der Waals surface area contributed by atoms with E-state index in [1.807, 2.05) is 62.2 Å². The number of benzene rings is 2. The number of aromatic amines is 1. The van der Waals surface area contributed by atoms with E-state index in [0.29, 0.717) is 69.5 Å². The summed E-state index contributed by atoms with van der Waals surface area (Å²) in [5.74, 6) is -1.00. The first-order valence-electron chi connectivity index (χ1n) is 20.7. The van der Waals surface area contributed by atoms with E-state index in [0.717, 1.165) is 46.5 Å². The van der Waals surface area contributed by atoms with E-state index in [4.69, 9.17) is 32.7 Å². The lowest BCUT2D eigenvalue weighted by molar-refractivity contribution is -0.201. The second-order valence-electron chi connectivity index (χ2n) is 17.9. The van der Waals surface area contributed by atoms with Crippen molar-refractivity contribution in [1.29, 1.82) is 0 Å². The Kier molecular flexibility index (Phi) is 10.3. The predicted molar refractivity (Wildman–Crippen MR) is 222 cm³/mol. The number of anilines is 1. The van der Waals surface area contributed by atoms with Gasteiger partial charge in [0.1, 0.15) is 17.3 Å². The van der Waals surface area contributed by atoms with Gasteiger partial charge in [0.05, 0.1) is 25.9 Å². The van der Waals surface area contributed by atoms with Gasteiger partial charge in [-0.25, -0.2) is 0 Å². The quantitative estimate of drug-likeness (QED) is 0.107. The number of aliphatic hydroxyl groups excluding tert-OH is 1. The molecule has 1 saturated carbocycles. The summed E-state index contributed by atoms with van der Waals surface area (Å²) in [6.07, 6.45) is 5.78. The van der Waals surface area contributed by atoms with Crippen LogP contribution in [0.3, 0.4) is 0 Å². The molecule has 326 valence electrons. The summed E-state index contributed by atoms with van der Waals surface area (Å²) >= 11 is 0. The van der Waals surface area contributed by atoms with Gasteiger partial charge >= 0.3 is 16.4 Å². The third kappa shape index (κ3) is 5.91. The van der Waals surface area contributed by atoms with Crippen LogP contribution < -0.4 is 15.4 Å². The van der Waals surface area contributed by atoms with Crippen molar-refractivity contribution in [2.75, 3.05) is 58.9 Å². The first kappa shape index (κ1) is 42.6. The molecule has 2 saturated heterocycles. The maximum Gasteiger partial charge on any atom is 0.394 e. The Hall–Kier alpha value is -4.07. The van der Waals surface area contributed by atoms with Crippen molar-refractivity contribution in [2.24, 2.45) is 17.1 Å². The molecule has 10 atom stereocenters. The Morgan fingerprint density at radius 1 is 1.02 bits per heavy atom. The third-order valence-corrected chi connectivity index (χ3v) is 15.2. The molecule has 2 aromatic carbocycles. The Labute approximate surface area is 349 Å². The number of para-hydroxylation sites is 1. The number of aliphatic hydroxyl groups is 3. The van der Waals surface area contributed by atoms with E-state index >= 15 is 4.79 Å². The topological polar surface area (TPSA) is 239 Å². The Balaban J connectivity index is 0.000000943. The average molecular weight is 852 g/mol. The molecule has 5 aliphatic heterocycles. The minimum absolute atomic E-state index is 0.0790. The Morgan fingerprint density at radius 2 is 1.73 bits per heavy atom. The number of carbonyl (C=O) groups excluding carboxylic acids is 2. The minimum Gasteiger partial charge on any atom is -0.496 e. The molecule has 60 heavy (non-hydrogen) atoms. The number of nitrogens with two attached hydrogens (primary N) is 1. The largest absolute Gasteiger partial charge is 0.496 e. The standard InChI is InChI=1S/C43H55N5O7.H2O4S/c1-6-39(52)21-25-22-42(38(51)55-5,33-27(13-17-47(23-25)24-39)26-11-8-9-12-30(26)45-33)29-19-28-31(20-32(29)54-4)46(3)35-41(28)15-18-48-16-10-14-40(7-2,34(41)48)36(49)43(35,53)37(44)50;1-5(2,3)4/h8-12,14,19-20,25,34-36,45,49,52-53H,6-7,13,15-18,21-24H2,1-5H3,(H2,44,50);(H2,1,2,3,4)/t25-,34-,35+,36+,39-,40+,41+,42-,43-;/m0./s1. The van der Waals surface area contributed by atoms with Gasteiger partial charge in [-0.1, -0.05) is 44.2 Å². The summed E-state index contributed by atoms with van der Waals surface area (Å²) in [7, 11) is 0.225. The summed E-state index contributed by atoms with van der Waals surface area (Å²) in [6, 6.07) is 11.0. The van der Waals surface area contributed by atoms with Gasteiger partial charge in [0.15, 0.2) is 5.60 Å². The van der Waals surface area contributed by atoms with Gasteiger partial charge in [0.25, 0.3) is 5.91 Å². The molecule has 6 heterocycles. The van der Waals surface area contributed by atoms with Crippen LogP contribution in [0.1, 0.15) is 68.3 Å². The Morgan fingerprint density at radius 3 is 2.38 bits per heavy atom. The number of nitrogens with one attached hydrogen (secondary N) is 1. The molecule has 8 N–H and O–H groups in total. The smallest absolute Gasteiger partial charge is 0.394 e. The number of esters is 1. The van der Waals surface area contributed by atoms with Crippen LogP contribution in [0, 0.1) is 11.3 Å². The van der Waals surface area contributed by atoms with Gasteiger partial charge in [0.2, 0.25) is 0 Å². The lowest BCUT2D eigenvalue weighted by Crippen LogP contribution is -2.81. The molecule has 3 fully saturated rings. The summed E-state index contributed by atoms with van der Waals surface area (Å²) in [5.41, 5.74) is 4.72. The number of likely N-dealkylation sites (N-methyl/N-ethyl adjacent to an activating group) is 1. The number of piperidine rings is 1. The van der Waals surface area contributed by atoms with Crippen LogP contribution in [0.5, 0.6) is 5.75 Å². The summed E-state index contributed by atoms with van der Waals surface area (Å²) in [6.45, 7) is 7.39. The normalized spacial score (nSPS) is 36.7. The molecule has 0 radical (unpaired) electrons. The number of amides is 1. The van der Waals surface area contributed by atoms with Crippen LogP contribution in [0.2, 0.25) is 0 Å². The molecular formula is C43H57N5O11S. The molecule has 2 bridgehead atoms. The fraction of sp³-hybridized carbons (Fsp3) is 0.581. The number of fused-ring (bicyclic) bond motifs is 6. The van der Waals surface area contributed by atoms with Crippen LogP contribution in [-0.4, -0.2) is 143 Å². The van der Waals surface area contributed by atoms with Crippen molar-refractivity contribution in [3.8, 4) is 5.75 Å². The summed E-state index contributed by atoms with van der Waals surface area (Å²) in [4.78, 5) is 39.3. The van der Waals surface area contributed by atoms with Crippen molar-refractivity contribution >= 4 is 38.9 Å². The zero-order chi connectivity index (χ0) is 43.4. The van der Waals surface area contributed by atoms with Crippen LogP contribution in [0.4, 0.5) is 5.69 Å². The van der Waals surface area contributed by atoms with Crippen LogP contribution in [-0.2, 0) is 42.0 Å². The second-order valence-corrected chi connectivity index (χ2v) is 18.8. The zero-order valence-electron chi connectivity index (χ0n) is 34.7. The van der Waals surface area contributed by atoms with Crippen LogP contribution in [0.25, 0.3) is 10.9 Å². The van der Waals surface area contributed by atoms with Gasteiger partial charge in [0, 0.05) is 84.0 Å². The molecule has 17 heteroatoms. The fourth-order valence-electron chi connectivity index (χ4n) is 13.1. The number of methoxy groups -OCH3 is 2. The lowest BCUT2D eigenvalue weighted by Gasteiger charge is -2.63. The number of nitrogens with zero attached hydrogens (tertiary/aromatic N) is 3. The number of rotatable bonds is 6. The zero-order valence-corrected chi connectivity index (χ0v) is 35.5. The van der Waals surface area contributed by atoms with Gasteiger partial charge < -0.3 is 40.4 Å². The van der Waals surface area contributed by atoms with Gasteiger partial charge in [-0.05, 0) is 74.2 Å². The predicted octanol–water partition coefficient (Wildman–Crippen LogP) is 2.08. The van der Waals surface area contributed by atoms with Crippen molar-refractivity contribution in [2.45, 2.75) is 92.6 Å². The van der Waals surface area contributed by atoms with Crippen LogP contribution >= 0.6 is 0 Å². The molecular weight excluding hydrogens is 795 g/mol. The lowest BCUT2D eigenvalue weighted by atomic mass is 9.47. The Bertz CT molecular complexity index is 2360. The highest BCUT2D eigenvalue weighted by atomic mass is 32.3.